The highest BCUT2D eigenvalue weighted by Crippen LogP contribution is 2.25. The van der Waals surface area contributed by atoms with Crippen LogP contribution in [0.1, 0.15) is 11.4 Å². The van der Waals surface area contributed by atoms with E-state index in [-0.39, 0.29) is 0 Å². The van der Waals surface area contributed by atoms with Gasteiger partial charge in [-0.25, -0.2) is 4.98 Å². The number of rotatable bonds is 2. The summed E-state index contributed by atoms with van der Waals surface area (Å²) in [5.41, 5.74) is 11.1. The lowest BCUT2D eigenvalue weighted by atomic mass is 10.2. The molecule has 0 spiro atoms. The van der Waals surface area contributed by atoms with Crippen molar-refractivity contribution in [2.45, 2.75) is 13.5 Å². The first-order chi connectivity index (χ1) is 8.29. The van der Waals surface area contributed by atoms with Gasteiger partial charge in [0, 0.05) is 35.2 Å². The van der Waals surface area contributed by atoms with Crippen LogP contribution >= 0.6 is 0 Å². The van der Waals surface area contributed by atoms with E-state index in [1.165, 1.54) is 11.3 Å². The maximum atomic E-state index is 5.60. The van der Waals surface area contributed by atoms with Gasteiger partial charge in [0.2, 0.25) is 0 Å². The van der Waals surface area contributed by atoms with Gasteiger partial charge in [-0.05, 0) is 31.2 Å². The number of hydrogen-bond donors (Lipinski definition) is 2. The number of fused-ring (bicyclic) bond motifs is 1. The molecule has 0 aromatic carbocycles. The maximum Gasteiger partial charge on any atom is 0.0996 e. The Morgan fingerprint density at radius 2 is 2.29 bits per heavy atom. The number of nitrogens with zero attached hydrogens (tertiary/aromatic N) is 2. The van der Waals surface area contributed by atoms with Gasteiger partial charge in [-0.15, -0.1) is 0 Å². The largest absolute Gasteiger partial charge is 0.361 e. The third kappa shape index (κ3) is 1.54. The Morgan fingerprint density at radius 3 is 3.00 bits per heavy atom. The van der Waals surface area contributed by atoms with Gasteiger partial charge in [0.15, 0.2) is 0 Å². The van der Waals surface area contributed by atoms with Crippen LogP contribution in [-0.4, -0.2) is 14.4 Å². The van der Waals surface area contributed by atoms with E-state index in [0.29, 0.717) is 6.54 Å². The summed E-state index contributed by atoms with van der Waals surface area (Å²) in [6.45, 7) is 2.56. The number of H-pyrrole nitrogens is 1. The second-order valence-electron chi connectivity index (χ2n) is 4.11. The Kier molecular flexibility index (Phi) is 2.23. The Balaban J connectivity index is 2.24. The molecular weight excluding hydrogens is 212 g/mol. The fourth-order valence-electron chi connectivity index (χ4n) is 2.13. The molecule has 0 aliphatic carbocycles. The van der Waals surface area contributed by atoms with Crippen molar-refractivity contribution in [3.05, 3.63) is 48.2 Å². The first-order valence-electron chi connectivity index (χ1n) is 5.60. The summed E-state index contributed by atoms with van der Waals surface area (Å²) in [6.07, 6.45) is 3.76. The van der Waals surface area contributed by atoms with Gasteiger partial charge in [0.25, 0.3) is 0 Å². The summed E-state index contributed by atoms with van der Waals surface area (Å²) >= 11 is 0. The van der Waals surface area contributed by atoms with Crippen LogP contribution in [0.2, 0.25) is 0 Å². The zero-order chi connectivity index (χ0) is 11.8. The van der Waals surface area contributed by atoms with Gasteiger partial charge in [0.05, 0.1) is 12.0 Å². The molecule has 0 fully saturated rings. The van der Waals surface area contributed by atoms with Crippen molar-refractivity contribution in [2.75, 3.05) is 0 Å². The van der Waals surface area contributed by atoms with Crippen molar-refractivity contribution in [1.29, 1.82) is 0 Å². The summed E-state index contributed by atoms with van der Waals surface area (Å²) in [4.78, 5) is 7.53. The average molecular weight is 226 g/mol. The number of aryl methyl sites for hydroxylation is 1. The van der Waals surface area contributed by atoms with Crippen molar-refractivity contribution in [3.63, 3.8) is 0 Å². The highest BCUT2D eigenvalue weighted by molar-refractivity contribution is 5.71. The summed E-state index contributed by atoms with van der Waals surface area (Å²) in [5.74, 6) is 0. The fraction of sp³-hybridized carbons (Fsp3) is 0.154. The topological polar surface area (TPSA) is 59.1 Å². The molecule has 0 aliphatic heterocycles. The lowest BCUT2D eigenvalue weighted by Gasteiger charge is -2.00. The summed E-state index contributed by atoms with van der Waals surface area (Å²) in [5, 5.41) is 0. The van der Waals surface area contributed by atoms with Crippen LogP contribution in [0.15, 0.2) is 36.8 Å². The molecule has 17 heavy (non-hydrogen) atoms. The van der Waals surface area contributed by atoms with E-state index >= 15 is 0 Å². The molecule has 3 N–H and O–H groups in total. The molecule has 86 valence electrons. The molecule has 3 aromatic heterocycles. The van der Waals surface area contributed by atoms with E-state index in [9.17, 15) is 0 Å². The number of hydrogen-bond acceptors (Lipinski definition) is 2. The molecule has 4 nitrogen and oxygen atoms in total. The van der Waals surface area contributed by atoms with Gasteiger partial charge in [-0.1, -0.05) is 0 Å². The number of nitrogens with two attached hydrogens (primary N) is 1. The smallest absolute Gasteiger partial charge is 0.0996 e. The van der Waals surface area contributed by atoms with Crippen LogP contribution in [-0.2, 0) is 6.54 Å². The standard InChI is InChI=1S/C13H14N4/c1-9-12(13-3-2-4-15-13)6-11-5-10(7-14)16-8-17(9)11/h2-6,8,15H,7,14H2,1H3. The molecule has 4 heteroatoms. The number of nitrogens with one attached hydrogen (secondary N) is 1. The third-order valence-corrected chi connectivity index (χ3v) is 3.07. The van der Waals surface area contributed by atoms with Crippen molar-refractivity contribution in [1.82, 2.24) is 14.4 Å². The van der Waals surface area contributed by atoms with Gasteiger partial charge in [-0.3, -0.25) is 0 Å². The second kappa shape index (κ2) is 3.75. The van der Waals surface area contributed by atoms with Crippen LogP contribution in [0.25, 0.3) is 16.8 Å². The number of aromatic nitrogens is 3. The van der Waals surface area contributed by atoms with E-state index in [1.807, 2.05) is 24.7 Å². The van der Waals surface area contributed by atoms with E-state index in [4.69, 9.17) is 5.73 Å². The van der Waals surface area contributed by atoms with Crippen LogP contribution in [0.5, 0.6) is 0 Å². The summed E-state index contributed by atoms with van der Waals surface area (Å²) in [7, 11) is 0. The lowest BCUT2D eigenvalue weighted by Crippen LogP contribution is -2.01. The molecule has 3 rings (SSSR count). The summed E-state index contributed by atoms with van der Waals surface area (Å²) < 4.78 is 2.08. The molecule has 0 aliphatic rings. The van der Waals surface area contributed by atoms with Crippen LogP contribution in [0.4, 0.5) is 0 Å². The third-order valence-electron chi connectivity index (χ3n) is 3.07. The van der Waals surface area contributed by atoms with Gasteiger partial charge in [-0.2, -0.15) is 0 Å². The Bertz CT molecular complexity index is 649. The second-order valence-corrected chi connectivity index (χ2v) is 4.11. The van der Waals surface area contributed by atoms with Crippen molar-refractivity contribution < 1.29 is 0 Å². The first kappa shape index (κ1) is 10.1. The lowest BCUT2D eigenvalue weighted by molar-refractivity contribution is 0.941. The molecule has 0 amide bonds. The zero-order valence-corrected chi connectivity index (χ0v) is 9.64. The molecule has 3 heterocycles. The van der Waals surface area contributed by atoms with Gasteiger partial charge >= 0.3 is 0 Å². The molecule has 0 atom stereocenters. The molecular formula is C13H14N4. The van der Waals surface area contributed by atoms with Crippen molar-refractivity contribution >= 4 is 5.52 Å². The predicted molar refractivity (Wildman–Crippen MR) is 67.6 cm³/mol. The van der Waals surface area contributed by atoms with Crippen molar-refractivity contribution in [2.24, 2.45) is 5.73 Å². The minimum atomic E-state index is 0.471. The molecule has 0 saturated heterocycles. The van der Waals surface area contributed by atoms with E-state index in [0.717, 1.165) is 16.9 Å². The average Bonchev–Trinajstić information content (AvgIpc) is 2.97. The molecule has 0 bridgehead atoms. The predicted octanol–water partition coefficient (Wildman–Crippen LogP) is 2.10. The highest BCUT2D eigenvalue weighted by atomic mass is 15.0. The molecule has 0 unspecified atom stereocenters. The number of aromatic amines is 1. The van der Waals surface area contributed by atoms with E-state index in [2.05, 4.69) is 33.4 Å². The van der Waals surface area contributed by atoms with Gasteiger partial charge in [0.1, 0.15) is 0 Å². The maximum absolute atomic E-state index is 5.60. The first-order valence-corrected chi connectivity index (χ1v) is 5.60. The highest BCUT2D eigenvalue weighted by Gasteiger charge is 2.09. The SMILES string of the molecule is Cc1c(-c2ccc[nH]2)cc2cc(CN)ncn12. The van der Waals surface area contributed by atoms with E-state index in [1.54, 1.807) is 0 Å². The Labute approximate surface area is 99.1 Å². The Hall–Kier alpha value is -2.07. The minimum absolute atomic E-state index is 0.471. The molecule has 0 radical (unpaired) electrons. The molecule has 0 saturated carbocycles. The quantitative estimate of drug-likeness (QED) is 0.703. The van der Waals surface area contributed by atoms with E-state index < -0.39 is 0 Å². The monoisotopic (exact) mass is 226 g/mol. The van der Waals surface area contributed by atoms with Crippen LogP contribution in [0.3, 0.4) is 0 Å². The summed E-state index contributed by atoms with van der Waals surface area (Å²) in [6, 6.07) is 8.25. The van der Waals surface area contributed by atoms with Crippen LogP contribution < -0.4 is 5.73 Å². The minimum Gasteiger partial charge on any atom is -0.361 e. The zero-order valence-electron chi connectivity index (χ0n) is 9.64. The normalized spacial score (nSPS) is 11.2. The van der Waals surface area contributed by atoms with Gasteiger partial charge < -0.3 is 15.1 Å². The fourth-order valence-corrected chi connectivity index (χ4v) is 2.13. The Morgan fingerprint density at radius 1 is 1.41 bits per heavy atom. The van der Waals surface area contributed by atoms with Crippen LogP contribution in [0, 0.1) is 6.92 Å². The van der Waals surface area contributed by atoms with Crippen molar-refractivity contribution in [3.8, 4) is 11.3 Å². The molecule has 3 aromatic rings.